The normalized spacial score (nSPS) is 9.69. The second-order valence-electron chi connectivity index (χ2n) is 3.47. The van der Waals surface area contributed by atoms with Crippen LogP contribution >= 0.6 is 12.4 Å². The summed E-state index contributed by atoms with van der Waals surface area (Å²) in [7, 11) is 0. The third-order valence-corrected chi connectivity index (χ3v) is 2.41. The molecule has 0 saturated heterocycles. The van der Waals surface area contributed by atoms with E-state index in [2.05, 4.69) is 10.3 Å². The summed E-state index contributed by atoms with van der Waals surface area (Å²) < 4.78 is 0. The summed E-state index contributed by atoms with van der Waals surface area (Å²) >= 11 is 0. The highest BCUT2D eigenvalue weighted by Crippen LogP contribution is 2.13. The minimum Gasteiger partial charge on any atom is -0.384 e. The molecular formula is C11H18ClN3O. The van der Waals surface area contributed by atoms with E-state index in [1.54, 1.807) is 18.3 Å². The number of nitrogen functional groups attached to an aromatic ring is 1. The highest BCUT2D eigenvalue weighted by molar-refractivity contribution is 5.92. The molecule has 0 fully saturated rings. The zero-order valence-corrected chi connectivity index (χ0v) is 10.4. The number of aromatic nitrogens is 1. The third-order valence-electron chi connectivity index (χ3n) is 2.41. The number of carbonyl (C=O) groups is 1. The van der Waals surface area contributed by atoms with E-state index >= 15 is 0 Å². The number of hydrogen-bond donors (Lipinski definition) is 2. The highest BCUT2D eigenvalue weighted by Gasteiger charge is 2.13. The quantitative estimate of drug-likeness (QED) is 0.854. The number of hydrogen-bond acceptors (Lipinski definition) is 3. The van der Waals surface area contributed by atoms with Crippen LogP contribution in [-0.2, 0) is 4.79 Å². The fourth-order valence-electron chi connectivity index (χ4n) is 1.38. The van der Waals surface area contributed by atoms with Gasteiger partial charge in [0, 0.05) is 5.92 Å². The van der Waals surface area contributed by atoms with Gasteiger partial charge < -0.3 is 11.1 Å². The lowest BCUT2D eigenvalue weighted by molar-refractivity contribution is -0.120. The van der Waals surface area contributed by atoms with Gasteiger partial charge in [-0.1, -0.05) is 13.8 Å². The van der Waals surface area contributed by atoms with E-state index in [9.17, 15) is 4.79 Å². The fraction of sp³-hybridized carbons (Fsp3) is 0.455. The summed E-state index contributed by atoms with van der Waals surface area (Å²) in [5.74, 6) is 0.574. The Kier molecular flexibility index (Phi) is 6.49. The van der Waals surface area contributed by atoms with E-state index < -0.39 is 0 Å². The lowest BCUT2D eigenvalue weighted by atomic mass is 10.0. The predicted octanol–water partition coefficient (Wildman–Crippen LogP) is 2.46. The van der Waals surface area contributed by atoms with Crippen molar-refractivity contribution in [1.29, 1.82) is 0 Å². The van der Waals surface area contributed by atoms with Gasteiger partial charge in [0.1, 0.15) is 5.82 Å². The molecule has 5 heteroatoms. The Morgan fingerprint density at radius 2 is 2.06 bits per heavy atom. The average molecular weight is 244 g/mol. The average Bonchev–Trinajstić information content (AvgIpc) is 2.23. The van der Waals surface area contributed by atoms with Gasteiger partial charge in [-0.15, -0.1) is 12.4 Å². The van der Waals surface area contributed by atoms with Gasteiger partial charge in [-0.3, -0.25) is 4.79 Å². The Hall–Kier alpha value is -1.29. The maximum absolute atomic E-state index is 11.7. The van der Waals surface area contributed by atoms with E-state index in [0.717, 1.165) is 12.8 Å². The molecule has 1 heterocycles. The van der Waals surface area contributed by atoms with Gasteiger partial charge in [-0.05, 0) is 25.0 Å². The van der Waals surface area contributed by atoms with Crippen LogP contribution in [0.3, 0.4) is 0 Å². The minimum absolute atomic E-state index is 0. The van der Waals surface area contributed by atoms with Gasteiger partial charge in [-0.25, -0.2) is 4.98 Å². The lowest BCUT2D eigenvalue weighted by Crippen LogP contribution is -2.21. The second kappa shape index (κ2) is 7.06. The van der Waals surface area contributed by atoms with Crippen molar-refractivity contribution < 1.29 is 4.79 Å². The predicted molar refractivity (Wildman–Crippen MR) is 68.6 cm³/mol. The number of pyridine rings is 1. The largest absolute Gasteiger partial charge is 0.384 e. The molecule has 0 aliphatic rings. The molecule has 1 aromatic rings. The molecule has 0 unspecified atom stereocenters. The summed E-state index contributed by atoms with van der Waals surface area (Å²) in [5.41, 5.74) is 6.14. The molecule has 1 rings (SSSR count). The minimum atomic E-state index is 0. The first kappa shape index (κ1) is 14.7. The molecule has 3 N–H and O–H groups in total. The van der Waals surface area contributed by atoms with Crippen LogP contribution in [0, 0.1) is 5.92 Å². The van der Waals surface area contributed by atoms with Crippen LogP contribution in [0.1, 0.15) is 26.7 Å². The molecule has 0 radical (unpaired) electrons. The summed E-state index contributed by atoms with van der Waals surface area (Å²) in [6.07, 6.45) is 3.27. The van der Waals surface area contributed by atoms with Crippen molar-refractivity contribution in [2.45, 2.75) is 26.7 Å². The van der Waals surface area contributed by atoms with Crippen LogP contribution in [0.25, 0.3) is 0 Å². The van der Waals surface area contributed by atoms with Crippen LogP contribution in [0.15, 0.2) is 18.3 Å². The number of nitrogens with zero attached hydrogens (tertiary/aromatic N) is 1. The molecule has 0 bridgehead atoms. The van der Waals surface area contributed by atoms with Crippen LogP contribution in [0.2, 0.25) is 0 Å². The summed E-state index contributed by atoms with van der Waals surface area (Å²) in [4.78, 5) is 15.6. The van der Waals surface area contributed by atoms with Crippen LogP contribution < -0.4 is 11.1 Å². The van der Waals surface area contributed by atoms with E-state index in [4.69, 9.17) is 5.73 Å². The molecule has 90 valence electrons. The molecule has 0 spiro atoms. The fourth-order valence-corrected chi connectivity index (χ4v) is 1.38. The topological polar surface area (TPSA) is 68.0 Å². The number of anilines is 2. The molecule has 4 nitrogen and oxygen atoms in total. The smallest absolute Gasteiger partial charge is 0.227 e. The van der Waals surface area contributed by atoms with Gasteiger partial charge >= 0.3 is 0 Å². The van der Waals surface area contributed by atoms with Crippen molar-refractivity contribution in [2.24, 2.45) is 5.92 Å². The summed E-state index contributed by atoms with van der Waals surface area (Å²) in [5, 5.41) is 2.81. The SMILES string of the molecule is CCC(CC)C(=O)Nc1ccc(N)nc1.Cl. The van der Waals surface area contributed by atoms with E-state index in [1.807, 2.05) is 13.8 Å². The van der Waals surface area contributed by atoms with Crippen LogP contribution in [-0.4, -0.2) is 10.9 Å². The zero-order valence-electron chi connectivity index (χ0n) is 9.56. The van der Waals surface area contributed by atoms with E-state index in [0.29, 0.717) is 11.5 Å². The summed E-state index contributed by atoms with van der Waals surface area (Å²) in [6.45, 7) is 4.02. The first-order valence-electron chi connectivity index (χ1n) is 5.19. The number of nitrogens with two attached hydrogens (primary N) is 1. The van der Waals surface area contributed by atoms with Gasteiger partial charge in [0.2, 0.25) is 5.91 Å². The van der Waals surface area contributed by atoms with Crippen molar-refractivity contribution in [2.75, 3.05) is 11.1 Å². The number of nitrogens with one attached hydrogen (secondary N) is 1. The highest BCUT2D eigenvalue weighted by atomic mass is 35.5. The number of halogens is 1. The number of carbonyl (C=O) groups excluding carboxylic acids is 1. The van der Waals surface area contributed by atoms with Gasteiger partial charge in [0.25, 0.3) is 0 Å². The van der Waals surface area contributed by atoms with Crippen molar-refractivity contribution in [3.63, 3.8) is 0 Å². The standard InChI is InChI=1S/C11H17N3O.ClH/c1-3-8(4-2)11(15)14-9-5-6-10(12)13-7-9;/h5-8H,3-4H2,1-2H3,(H2,12,13)(H,14,15);1H. The Morgan fingerprint density at radius 3 is 2.50 bits per heavy atom. The van der Waals surface area contributed by atoms with Gasteiger partial charge in [0.15, 0.2) is 0 Å². The Balaban J connectivity index is 0.00000225. The molecule has 0 aliphatic carbocycles. The first-order chi connectivity index (χ1) is 7.17. The van der Waals surface area contributed by atoms with Crippen molar-refractivity contribution in [3.05, 3.63) is 18.3 Å². The first-order valence-corrected chi connectivity index (χ1v) is 5.19. The molecule has 16 heavy (non-hydrogen) atoms. The second-order valence-corrected chi connectivity index (χ2v) is 3.47. The lowest BCUT2D eigenvalue weighted by Gasteiger charge is -2.12. The van der Waals surface area contributed by atoms with Gasteiger partial charge in [0.05, 0.1) is 11.9 Å². The van der Waals surface area contributed by atoms with E-state index in [1.165, 1.54) is 0 Å². The molecule has 0 aliphatic heterocycles. The zero-order chi connectivity index (χ0) is 11.3. The van der Waals surface area contributed by atoms with Gasteiger partial charge in [-0.2, -0.15) is 0 Å². The van der Waals surface area contributed by atoms with Crippen LogP contribution in [0.5, 0.6) is 0 Å². The Morgan fingerprint density at radius 1 is 1.44 bits per heavy atom. The maximum Gasteiger partial charge on any atom is 0.227 e. The maximum atomic E-state index is 11.7. The molecule has 0 aromatic carbocycles. The molecule has 0 saturated carbocycles. The summed E-state index contributed by atoms with van der Waals surface area (Å²) in [6, 6.07) is 3.42. The number of amides is 1. The Labute approximate surface area is 102 Å². The van der Waals surface area contributed by atoms with Crippen molar-refractivity contribution in [1.82, 2.24) is 4.98 Å². The molecular weight excluding hydrogens is 226 g/mol. The number of rotatable bonds is 4. The Bertz CT molecular complexity index is 323. The monoisotopic (exact) mass is 243 g/mol. The molecule has 1 amide bonds. The van der Waals surface area contributed by atoms with Crippen LogP contribution in [0.4, 0.5) is 11.5 Å². The third kappa shape index (κ3) is 4.06. The molecule has 1 aromatic heterocycles. The van der Waals surface area contributed by atoms with Crippen molar-refractivity contribution >= 4 is 29.8 Å². The van der Waals surface area contributed by atoms with Crippen molar-refractivity contribution in [3.8, 4) is 0 Å². The molecule has 0 atom stereocenters. The van der Waals surface area contributed by atoms with E-state index in [-0.39, 0.29) is 24.2 Å².